The van der Waals surface area contributed by atoms with Crippen LogP contribution < -0.4 is 0 Å². The van der Waals surface area contributed by atoms with E-state index in [0.29, 0.717) is 16.0 Å². The fraction of sp³-hybridized carbons (Fsp3) is 0.182. The van der Waals surface area contributed by atoms with Crippen molar-refractivity contribution in [2.75, 3.05) is 0 Å². The molecule has 90 valence electrons. The molecule has 0 aliphatic heterocycles. The molecule has 6 heteroatoms. The fourth-order valence-electron chi connectivity index (χ4n) is 1.49. The average Bonchev–Trinajstić information content (AvgIpc) is 2.59. The Morgan fingerprint density at radius 3 is 2.53 bits per heavy atom. The van der Waals surface area contributed by atoms with Gasteiger partial charge in [0, 0.05) is 12.6 Å². The number of hydrogen-bond donors (Lipinski definition) is 0. The molecule has 0 N–H and O–H groups in total. The van der Waals surface area contributed by atoms with Gasteiger partial charge in [-0.15, -0.1) is 0 Å². The van der Waals surface area contributed by atoms with E-state index < -0.39 is 11.7 Å². The Hall–Kier alpha value is -1.30. The predicted molar refractivity (Wildman–Crippen MR) is 61.3 cm³/mol. The van der Waals surface area contributed by atoms with Crippen molar-refractivity contribution in [1.82, 2.24) is 9.55 Å². The van der Waals surface area contributed by atoms with E-state index in [1.54, 1.807) is 23.9 Å². The zero-order chi connectivity index (χ0) is 12.6. The quantitative estimate of drug-likeness (QED) is 0.782. The highest BCUT2D eigenvalue weighted by atomic mass is 79.9. The van der Waals surface area contributed by atoms with Gasteiger partial charge >= 0.3 is 6.18 Å². The minimum atomic E-state index is -4.33. The summed E-state index contributed by atoms with van der Waals surface area (Å²) in [5, 5.41) is 0. The first kappa shape index (κ1) is 12.2. The molecule has 0 saturated carbocycles. The van der Waals surface area contributed by atoms with Crippen LogP contribution in [-0.4, -0.2) is 9.55 Å². The number of benzene rings is 1. The predicted octanol–water partition coefficient (Wildman–Crippen LogP) is 3.87. The minimum absolute atomic E-state index is 0.438. The standard InChI is InChI=1S/C11H8BrF3N2/c1-17-9(12)6-16-10(17)7-3-2-4-8(5-7)11(13,14)15/h2-6H,1H3. The Morgan fingerprint density at radius 2 is 2.00 bits per heavy atom. The first-order chi connectivity index (χ1) is 7.89. The number of nitrogens with zero attached hydrogens (tertiary/aromatic N) is 2. The highest BCUT2D eigenvalue weighted by Gasteiger charge is 2.30. The summed E-state index contributed by atoms with van der Waals surface area (Å²) in [6, 6.07) is 5.11. The molecule has 0 fully saturated rings. The minimum Gasteiger partial charge on any atom is -0.322 e. The summed E-state index contributed by atoms with van der Waals surface area (Å²) in [6.07, 6.45) is -2.78. The molecule has 0 bridgehead atoms. The van der Waals surface area contributed by atoms with Crippen LogP contribution in [0, 0.1) is 0 Å². The van der Waals surface area contributed by atoms with Crippen LogP contribution in [0.25, 0.3) is 11.4 Å². The molecular weight excluding hydrogens is 297 g/mol. The third-order valence-corrected chi connectivity index (χ3v) is 3.12. The number of aromatic nitrogens is 2. The highest BCUT2D eigenvalue weighted by Crippen LogP contribution is 2.32. The van der Waals surface area contributed by atoms with Gasteiger partial charge in [-0.1, -0.05) is 12.1 Å². The summed E-state index contributed by atoms with van der Waals surface area (Å²) in [6.45, 7) is 0. The summed E-state index contributed by atoms with van der Waals surface area (Å²) in [5.41, 5.74) is -0.234. The molecule has 2 aromatic rings. The topological polar surface area (TPSA) is 17.8 Å². The monoisotopic (exact) mass is 304 g/mol. The molecule has 0 aliphatic carbocycles. The molecule has 2 rings (SSSR count). The van der Waals surface area contributed by atoms with E-state index in [0.717, 1.165) is 12.1 Å². The molecule has 0 spiro atoms. The third kappa shape index (κ3) is 2.36. The Morgan fingerprint density at radius 1 is 1.29 bits per heavy atom. The lowest BCUT2D eigenvalue weighted by atomic mass is 10.1. The van der Waals surface area contributed by atoms with Gasteiger partial charge in [-0.3, -0.25) is 0 Å². The van der Waals surface area contributed by atoms with Crippen molar-refractivity contribution in [3.63, 3.8) is 0 Å². The van der Waals surface area contributed by atoms with Crippen molar-refractivity contribution in [3.05, 3.63) is 40.6 Å². The second-order valence-corrected chi connectivity index (χ2v) is 4.35. The Kier molecular flexibility index (Phi) is 2.99. The molecule has 0 atom stereocenters. The number of alkyl halides is 3. The zero-order valence-electron chi connectivity index (χ0n) is 8.79. The number of hydrogen-bond acceptors (Lipinski definition) is 1. The molecule has 0 unspecified atom stereocenters. The Labute approximate surface area is 104 Å². The maximum absolute atomic E-state index is 12.6. The molecule has 1 aromatic carbocycles. The van der Waals surface area contributed by atoms with Gasteiger partial charge < -0.3 is 4.57 Å². The van der Waals surface area contributed by atoms with Crippen molar-refractivity contribution in [2.45, 2.75) is 6.18 Å². The zero-order valence-corrected chi connectivity index (χ0v) is 10.4. The summed E-state index contributed by atoms with van der Waals surface area (Å²) in [5.74, 6) is 0.489. The molecule has 1 aromatic heterocycles. The van der Waals surface area contributed by atoms with Crippen molar-refractivity contribution in [2.24, 2.45) is 7.05 Å². The molecule has 0 amide bonds. The summed E-state index contributed by atoms with van der Waals surface area (Å²) >= 11 is 3.25. The van der Waals surface area contributed by atoms with Crippen molar-refractivity contribution < 1.29 is 13.2 Å². The van der Waals surface area contributed by atoms with Crippen LogP contribution in [0.1, 0.15) is 5.56 Å². The second kappa shape index (κ2) is 4.18. The Balaban J connectivity index is 2.51. The van der Waals surface area contributed by atoms with Gasteiger partial charge in [0.1, 0.15) is 10.4 Å². The van der Waals surface area contributed by atoms with Crippen molar-refractivity contribution in [3.8, 4) is 11.4 Å². The van der Waals surface area contributed by atoms with Crippen molar-refractivity contribution >= 4 is 15.9 Å². The fourth-order valence-corrected chi connectivity index (χ4v) is 1.76. The van der Waals surface area contributed by atoms with Crippen LogP contribution in [0.5, 0.6) is 0 Å². The maximum Gasteiger partial charge on any atom is 0.416 e. The van der Waals surface area contributed by atoms with Gasteiger partial charge in [-0.2, -0.15) is 13.2 Å². The van der Waals surface area contributed by atoms with E-state index in [9.17, 15) is 13.2 Å². The first-order valence-electron chi connectivity index (χ1n) is 4.74. The van der Waals surface area contributed by atoms with Gasteiger partial charge in [0.2, 0.25) is 0 Å². The molecule has 0 aliphatic rings. The normalized spacial score (nSPS) is 11.8. The molecule has 17 heavy (non-hydrogen) atoms. The van der Waals surface area contributed by atoms with Crippen LogP contribution in [-0.2, 0) is 13.2 Å². The lowest BCUT2D eigenvalue weighted by Crippen LogP contribution is -2.05. The van der Waals surface area contributed by atoms with Gasteiger partial charge in [0.25, 0.3) is 0 Å². The Bertz CT molecular complexity index is 546. The van der Waals surface area contributed by atoms with E-state index in [1.165, 1.54) is 6.07 Å². The number of rotatable bonds is 1. The summed E-state index contributed by atoms with van der Waals surface area (Å²) < 4.78 is 40.0. The average molecular weight is 305 g/mol. The SMILES string of the molecule is Cn1c(Br)cnc1-c1cccc(C(F)(F)F)c1. The van der Waals surface area contributed by atoms with E-state index in [-0.39, 0.29) is 0 Å². The number of imidazole rings is 1. The van der Waals surface area contributed by atoms with Gasteiger partial charge in [0.05, 0.1) is 11.8 Å². The van der Waals surface area contributed by atoms with Gasteiger partial charge in [0.15, 0.2) is 0 Å². The van der Waals surface area contributed by atoms with Crippen LogP contribution >= 0.6 is 15.9 Å². The van der Waals surface area contributed by atoms with E-state index in [2.05, 4.69) is 20.9 Å². The molecule has 0 saturated heterocycles. The van der Waals surface area contributed by atoms with E-state index in [1.807, 2.05) is 0 Å². The summed E-state index contributed by atoms with van der Waals surface area (Å²) in [4.78, 5) is 4.06. The first-order valence-corrected chi connectivity index (χ1v) is 5.54. The lowest BCUT2D eigenvalue weighted by Gasteiger charge is -2.08. The highest BCUT2D eigenvalue weighted by molar-refractivity contribution is 9.10. The van der Waals surface area contributed by atoms with Gasteiger partial charge in [-0.25, -0.2) is 4.98 Å². The van der Waals surface area contributed by atoms with Crippen molar-refractivity contribution in [1.29, 1.82) is 0 Å². The summed E-state index contributed by atoms with van der Waals surface area (Å²) in [7, 11) is 1.73. The van der Waals surface area contributed by atoms with Crippen LogP contribution in [0.15, 0.2) is 35.1 Å². The largest absolute Gasteiger partial charge is 0.416 e. The van der Waals surface area contributed by atoms with E-state index >= 15 is 0 Å². The molecule has 1 heterocycles. The third-order valence-electron chi connectivity index (χ3n) is 2.38. The smallest absolute Gasteiger partial charge is 0.322 e. The van der Waals surface area contributed by atoms with Crippen LogP contribution in [0.4, 0.5) is 13.2 Å². The number of halogens is 4. The van der Waals surface area contributed by atoms with E-state index in [4.69, 9.17) is 0 Å². The second-order valence-electron chi connectivity index (χ2n) is 3.54. The molecule has 2 nitrogen and oxygen atoms in total. The lowest BCUT2D eigenvalue weighted by molar-refractivity contribution is -0.137. The van der Waals surface area contributed by atoms with Crippen LogP contribution in [0.2, 0.25) is 0 Å². The molecule has 0 radical (unpaired) electrons. The maximum atomic E-state index is 12.6. The van der Waals surface area contributed by atoms with Gasteiger partial charge in [-0.05, 0) is 28.1 Å². The molecular formula is C11H8BrF3N2. The van der Waals surface area contributed by atoms with Crippen LogP contribution in [0.3, 0.4) is 0 Å².